The number of nitrogens with one attached hydrogen (secondary N) is 1. The Morgan fingerprint density at radius 2 is 2.26 bits per heavy atom. The van der Waals surface area contributed by atoms with Gasteiger partial charge in [0, 0.05) is 6.04 Å². The van der Waals surface area contributed by atoms with Gasteiger partial charge in [-0.15, -0.1) is 0 Å². The average Bonchev–Trinajstić information content (AvgIpc) is 2.98. The Kier molecular flexibility index (Phi) is 3.73. The average molecular weight is 309 g/mol. The third kappa shape index (κ3) is 2.91. The lowest BCUT2D eigenvalue weighted by Crippen LogP contribution is -2.17. The predicted molar refractivity (Wildman–Crippen MR) is 85.7 cm³/mol. The number of thiazole rings is 1. The maximum atomic E-state index is 6.17. The molecule has 0 aliphatic heterocycles. The number of aromatic nitrogens is 1. The molecule has 3 aromatic rings. The van der Waals surface area contributed by atoms with E-state index in [2.05, 4.69) is 34.1 Å². The molecular weight excluding hydrogens is 296 g/mol. The van der Waals surface area contributed by atoms with Gasteiger partial charge in [0.2, 0.25) is 0 Å². The van der Waals surface area contributed by atoms with Crippen molar-refractivity contribution in [2.45, 2.75) is 19.4 Å². The number of nitrogens with zero attached hydrogens (tertiary/aromatic N) is 1. The lowest BCUT2D eigenvalue weighted by molar-refractivity contribution is 0.791. The Balaban J connectivity index is 1.76. The van der Waals surface area contributed by atoms with Gasteiger partial charge in [-0.1, -0.05) is 29.0 Å². The molecule has 2 aromatic heterocycles. The molecular formula is C14H13ClN2S2. The highest BCUT2D eigenvalue weighted by Crippen LogP contribution is 2.32. The lowest BCUT2D eigenvalue weighted by atomic mass is 10.1. The number of thiophene rings is 1. The van der Waals surface area contributed by atoms with Gasteiger partial charge in [-0.05, 0) is 47.9 Å². The SMILES string of the molecule is CC(Cc1ccsc1)Nc1nc2cccc(Cl)c2s1. The highest BCUT2D eigenvalue weighted by Gasteiger charge is 2.09. The topological polar surface area (TPSA) is 24.9 Å². The Morgan fingerprint density at radius 1 is 1.37 bits per heavy atom. The van der Waals surface area contributed by atoms with Crippen molar-refractivity contribution in [1.82, 2.24) is 4.98 Å². The summed E-state index contributed by atoms with van der Waals surface area (Å²) in [5.74, 6) is 0. The highest BCUT2D eigenvalue weighted by atomic mass is 35.5. The van der Waals surface area contributed by atoms with E-state index in [9.17, 15) is 0 Å². The van der Waals surface area contributed by atoms with Crippen molar-refractivity contribution < 1.29 is 0 Å². The summed E-state index contributed by atoms with van der Waals surface area (Å²) in [6, 6.07) is 8.35. The van der Waals surface area contributed by atoms with Crippen molar-refractivity contribution in [2.75, 3.05) is 5.32 Å². The molecule has 1 aromatic carbocycles. The fraction of sp³-hybridized carbons (Fsp3) is 0.214. The molecule has 19 heavy (non-hydrogen) atoms. The minimum absolute atomic E-state index is 0.355. The van der Waals surface area contributed by atoms with E-state index in [0.29, 0.717) is 6.04 Å². The molecule has 98 valence electrons. The van der Waals surface area contributed by atoms with Crippen LogP contribution in [-0.2, 0) is 6.42 Å². The summed E-state index contributed by atoms with van der Waals surface area (Å²) < 4.78 is 1.05. The Bertz CT molecular complexity index is 676. The van der Waals surface area contributed by atoms with Crippen LogP contribution in [0.1, 0.15) is 12.5 Å². The molecule has 1 unspecified atom stereocenters. The highest BCUT2D eigenvalue weighted by molar-refractivity contribution is 7.22. The van der Waals surface area contributed by atoms with Crippen LogP contribution < -0.4 is 5.32 Å². The van der Waals surface area contributed by atoms with Gasteiger partial charge in [0.1, 0.15) is 0 Å². The molecule has 0 bridgehead atoms. The van der Waals surface area contributed by atoms with Gasteiger partial charge in [-0.3, -0.25) is 0 Å². The van der Waals surface area contributed by atoms with E-state index in [-0.39, 0.29) is 0 Å². The van der Waals surface area contributed by atoms with Gasteiger partial charge in [0.05, 0.1) is 15.2 Å². The zero-order valence-electron chi connectivity index (χ0n) is 10.4. The zero-order chi connectivity index (χ0) is 13.2. The van der Waals surface area contributed by atoms with Gasteiger partial charge >= 0.3 is 0 Å². The van der Waals surface area contributed by atoms with E-state index in [4.69, 9.17) is 11.6 Å². The number of fused-ring (bicyclic) bond motifs is 1. The molecule has 5 heteroatoms. The summed E-state index contributed by atoms with van der Waals surface area (Å²) in [6.45, 7) is 2.17. The maximum absolute atomic E-state index is 6.17. The molecule has 1 N–H and O–H groups in total. The predicted octanol–water partition coefficient (Wildman–Crippen LogP) is 5.05. The number of rotatable bonds is 4. The quantitative estimate of drug-likeness (QED) is 0.729. The second-order valence-corrected chi connectivity index (χ2v) is 6.67. The van der Waals surface area contributed by atoms with E-state index in [1.165, 1.54) is 5.56 Å². The number of hydrogen-bond acceptors (Lipinski definition) is 4. The minimum Gasteiger partial charge on any atom is -0.359 e. The first kappa shape index (κ1) is 12.9. The van der Waals surface area contributed by atoms with Crippen LogP contribution in [0.15, 0.2) is 35.0 Å². The van der Waals surface area contributed by atoms with Crippen LogP contribution in [0.25, 0.3) is 10.2 Å². The number of hydrogen-bond donors (Lipinski definition) is 1. The van der Waals surface area contributed by atoms with Gasteiger partial charge in [0.25, 0.3) is 0 Å². The van der Waals surface area contributed by atoms with Crippen molar-refractivity contribution in [3.8, 4) is 0 Å². The van der Waals surface area contributed by atoms with Gasteiger partial charge in [0.15, 0.2) is 5.13 Å². The second-order valence-electron chi connectivity index (χ2n) is 4.49. The Morgan fingerprint density at radius 3 is 3.00 bits per heavy atom. The number of benzene rings is 1. The van der Waals surface area contributed by atoms with E-state index in [1.54, 1.807) is 22.7 Å². The summed E-state index contributed by atoms with van der Waals surface area (Å²) in [6.07, 6.45) is 1.01. The third-order valence-corrected chi connectivity index (χ3v) is 5.05. The maximum Gasteiger partial charge on any atom is 0.184 e. The van der Waals surface area contributed by atoms with E-state index in [0.717, 1.165) is 26.8 Å². The van der Waals surface area contributed by atoms with Crippen LogP contribution in [0, 0.1) is 0 Å². The van der Waals surface area contributed by atoms with Crippen LogP contribution in [0.5, 0.6) is 0 Å². The van der Waals surface area contributed by atoms with Gasteiger partial charge in [-0.25, -0.2) is 4.98 Å². The Hall–Kier alpha value is -1.10. The molecule has 0 saturated heterocycles. The first-order valence-electron chi connectivity index (χ1n) is 6.05. The molecule has 0 spiro atoms. The standard InChI is InChI=1S/C14H13ClN2S2/c1-9(7-10-5-6-18-8-10)16-14-17-12-4-2-3-11(15)13(12)19-14/h2-6,8-9H,7H2,1H3,(H,16,17). The number of anilines is 1. The summed E-state index contributed by atoms with van der Waals surface area (Å²) >= 11 is 9.51. The third-order valence-electron chi connectivity index (χ3n) is 2.86. The van der Waals surface area contributed by atoms with E-state index in [1.807, 2.05) is 18.2 Å². The van der Waals surface area contributed by atoms with Crippen LogP contribution in [0.2, 0.25) is 5.02 Å². The monoisotopic (exact) mass is 308 g/mol. The van der Waals surface area contributed by atoms with Crippen LogP contribution in [0.3, 0.4) is 0 Å². The molecule has 0 radical (unpaired) electrons. The van der Waals surface area contributed by atoms with Crippen LogP contribution >= 0.6 is 34.3 Å². The van der Waals surface area contributed by atoms with Gasteiger partial charge in [-0.2, -0.15) is 11.3 Å². The molecule has 0 aliphatic rings. The Labute approximate surface area is 125 Å². The van der Waals surface area contributed by atoms with E-state index < -0.39 is 0 Å². The largest absolute Gasteiger partial charge is 0.359 e. The molecule has 1 atom stereocenters. The van der Waals surface area contributed by atoms with Crippen LogP contribution in [0.4, 0.5) is 5.13 Å². The minimum atomic E-state index is 0.355. The van der Waals surface area contributed by atoms with Crippen molar-refractivity contribution >= 4 is 49.6 Å². The summed E-state index contributed by atoms with van der Waals surface area (Å²) in [4.78, 5) is 4.57. The normalized spacial score (nSPS) is 12.7. The summed E-state index contributed by atoms with van der Waals surface area (Å²) in [7, 11) is 0. The summed E-state index contributed by atoms with van der Waals surface area (Å²) in [5.41, 5.74) is 2.33. The first-order valence-corrected chi connectivity index (χ1v) is 8.19. The summed E-state index contributed by atoms with van der Waals surface area (Å²) in [5, 5.41) is 9.46. The molecule has 2 heterocycles. The van der Waals surface area contributed by atoms with Crippen molar-refractivity contribution in [3.05, 3.63) is 45.6 Å². The first-order chi connectivity index (χ1) is 9.22. The van der Waals surface area contributed by atoms with Crippen molar-refractivity contribution in [3.63, 3.8) is 0 Å². The molecule has 0 amide bonds. The van der Waals surface area contributed by atoms with E-state index >= 15 is 0 Å². The van der Waals surface area contributed by atoms with Crippen LogP contribution in [-0.4, -0.2) is 11.0 Å². The molecule has 0 saturated carbocycles. The smallest absolute Gasteiger partial charge is 0.184 e. The zero-order valence-corrected chi connectivity index (χ0v) is 12.8. The molecule has 3 rings (SSSR count). The van der Waals surface area contributed by atoms with Gasteiger partial charge < -0.3 is 5.32 Å². The second kappa shape index (κ2) is 5.49. The van der Waals surface area contributed by atoms with Crippen molar-refractivity contribution in [2.24, 2.45) is 0 Å². The lowest BCUT2D eigenvalue weighted by Gasteiger charge is -2.11. The van der Waals surface area contributed by atoms with Crippen molar-refractivity contribution in [1.29, 1.82) is 0 Å². The number of halogens is 1. The molecule has 2 nitrogen and oxygen atoms in total. The molecule has 0 aliphatic carbocycles. The molecule has 0 fully saturated rings. The fourth-order valence-corrected chi connectivity index (χ4v) is 3.95. The fourth-order valence-electron chi connectivity index (χ4n) is 2.00.